The van der Waals surface area contributed by atoms with Gasteiger partial charge in [0.25, 0.3) is 0 Å². The highest BCUT2D eigenvalue weighted by Crippen LogP contribution is 2.36. The Labute approximate surface area is 76.9 Å². The van der Waals surface area contributed by atoms with Crippen LogP contribution in [0.1, 0.15) is 32.1 Å². The SMILES string of the molecule is ON=C1CC[C@H]2C[C@H]1CCC2=NO. The molecule has 0 aliphatic heterocycles. The van der Waals surface area contributed by atoms with Crippen LogP contribution in [0.5, 0.6) is 0 Å². The molecular formula is C9H14N2O2. The van der Waals surface area contributed by atoms with Gasteiger partial charge in [-0.15, -0.1) is 0 Å². The lowest BCUT2D eigenvalue weighted by molar-refractivity contribution is 0.288. The zero-order valence-electron chi connectivity index (χ0n) is 7.48. The molecule has 2 bridgehead atoms. The minimum atomic E-state index is 0.425. The second-order valence-corrected chi connectivity index (χ2v) is 3.89. The molecule has 4 heteroatoms. The first-order valence-electron chi connectivity index (χ1n) is 4.76. The summed E-state index contributed by atoms with van der Waals surface area (Å²) in [5.41, 5.74) is 1.88. The van der Waals surface area contributed by atoms with Gasteiger partial charge in [0.2, 0.25) is 0 Å². The van der Waals surface area contributed by atoms with Crippen LogP contribution in [0.3, 0.4) is 0 Å². The van der Waals surface area contributed by atoms with Crippen LogP contribution < -0.4 is 0 Å². The number of fused-ring (bicyclic) bond motifs is 2. The van der Waals surface area contributed by atoms with Gasteiger partial charge in [0.1, 0.15) is 0 Å². The summed E-state index contributed by atoms with van der Waals surface area (Å²) in [4.78, 5) is 0. The van der Waals surface area contributed by atoms with Gasteiger partial charge in [0.15, 0.2) is 0 Å². The molecule has 2 aliphatic rings. The third-order valence-electron chi connectivity index (χ3n) is 3.27. The van der Waals surface area contributed by atoms with Crippen LogP contribution in [-0.4, -0.2) is 21.8 Å². The molecule has 2 aliphatic carbocycles. The van der Waals surface area contributed by atoms with E-state index in [0.717, 1.165) is 43.5 Å². The summed E-state index contributed by atoms with van der Waals surface area (Å²) in [6.45, 7) is 0. The first kappa shape index (κ1) is 8.53. The van der Waals surface area contributed by atoms with E-state index in [2.05, 4.69) is 10.3 Å². The van der Waals surface area contributed by atoms with E-state index in [-0.39, 0.29) is 0 Å². The molecular weight excluding hydrogens is 168 g/mol. The fourth-order valence-electron chi connectivity index (χ4n) is 2.50. The van der Waals surface area contributed by atoms with Gasteiger partial charge in [0, 0.05) is 11.8 Å². The van der Waals surface area contributed by atoms with E-state index in [9.17, 15) is 0 Å². The van der Waals surface area contributed by atoms with Crippen LogP contribution in [0.2, 0.25) is 0 Å². The van der Waals surface area contributed by atoms with Crippen LogP contribution in [-0.2, 0) is 0 Å². The van der Waals surface area contributed by atoms with Gasteiger partial charge in [-0.05, 0) is 32.1 Å². The Morgan fingerprint density at radius 3 is 1.77 bits per heavy atom. The predicted molar refractivity (Wildman–Crippen MR) is 48.5 cm³/mol. The van der Waals surface area contributed by atoms with E-state index in [1.807, 2.05) is 0 Å². The van der Waals surface area contributed by atoms with E-state index in [1.54, 1.807) is 0 Å². The number of oxime groups is 2. The van der Waals surface area contributed by atoms with E-state index in [4.69, 9.17) is 10.4 Å². The molecule has 0 aromatic carbocycles. The molecule has 2 rings (SSSR count). The van der Waals surface area contributed by atoms with Crippen molar-refractivity contribution >= 4 is 11.4 Å². The normalized spacial score (nSPS) is 39.7. The van der Waals surface area contributed by atoms with Gasteiger partial charge in [-0.25, -0.2) is 0 Å². The van der Waals surface area contributed by atoms with Crippen LogP contribution in [0, 0.1) is 11.8 Å². The largest absolute Gasteiger partial charge is 0.411 e. The zero-order valence-corrected chi connectivity index (χ0v) is 7.48. The standard InChI is InChI=1S/C9H14N2O2/c12-10-8-3-1-6-5-7(8)2-4-9(6)11-13/h6-7,12-13H,1-5H2/t6-,7+. The molecule has 0 saturated heterocycles. The molecule has 0 spiro atoms. The van der Waals surface area contributed by atoms with Gasteiger partial charge >= 0.3 is 0 Å². The summed E-state index contributed by atoms with van der Waals surface area (Å²) in [7, 11) is 0. The fourth-order valence-corrected chi connectivity index (χ4v) is 2.50. The summed E-state index contributed by atoms with van der Waals surface area (Å²) in [5, 5.41) is 24.1. The smallest absolute Gasteiger partial charge is 0.0602 e. The molecule has 0 amide bonds. The summed E-state index contributed by atoms with van der Waals surface area (Å²) in [6, 6.07) is 0. The van der Waals surface area contributed by atoms with Gasteiger partial charge in [-0.1, -0.05) is 10.3 Å². The van der Waals surface area contributed by atoms with Crippen molar-refractivity contribution in [2.45, 2.75) is 32.1 Å². The van der Waals surface area contributed by atoms with Crippen molar-refractivity contribution in [1.82, 2.24) is 0 Å². The van der Waals surface area contributed by atoms with E-state index in [0.29, 0.717) is 11.8 Å². The maximum absolute atomic E-state index is 8.73. The molecule has 0 aromatic rings. The lowest BCUT2D eigenvalue weighted by Crippen LogP contribution is -2.34. The maximum Gasteiger partial charge on any atom is 0.0602 e. The Morgan fingerprint density at radius 2 is 1.38 bits per heavy atom. The number of nitrogens with zero attached hydrogens (tertiary/aromatic N) is 2. The Kier molecular flexibility index (Phi) is 2.20. The summed E-state index contributed by atoms with van der Waals surface area (Å²) < 4.78 is 0. The highest BCUT2D eigenvalue weighted by atomic mass is 16.4. The lowest BCUT2D eigenvalue weighted by atomic mass is 9.70. The average Bonchev–Trinajstić information content (AvgIpc) is 2.19. The molecule has 0 radical (unpaired) electrons. The number of rotatable bonds is 0. The van der Waals surface area contributed by atoms with Crippen molar-refractivity contribution < 1.29 is 10.4 Å². The zero-order chi connectivity index (χ0) is 9.26. The molecule has 13 heavy (non-hydrogen) atoms. The van der Waals surface area contributed by atoms with Gasteiger partial charge < -0.3 is 10.4 Å². The summed E-state index contributed by atoms with van der Waals surface area (Å²) in [6.07, 6.45) is 4.64. The van der Waals surface area contributed by atoms with Crippen molar-refractivity contribution in [1.29, 1.82) is 0 Å². The van der Waals surface area contributed by atoms with Gasteiger partial charge in [-0.3, -0.25) is 0 Å². The Hall–Kier alpha value is -1.06. The van der Waals surface area contributed by atoms with Crippen molar-refractivity contribution in [3.05, 3.63) is 0 Å². The van der Waals surface area contributed by atoms with E-state index < -0.39 is 0 Å². The van der Waals surface area contributed by atoms with Crippen LogP contribution in [0.15, 0.2) is 10.3 Å². The molecule has 72 valence electrons. The molecule has 0 aromatic heterocycles. The minimum Gasteiger partial charge on any atom is -0.411 e. The van der Waals surface area contributed by atoms with E-state index >= 15 is 0 Å². The Bertz CT molecular complexity index is 234. The quantitative estimate of drug-likeness (QED) is 0.443. The Morgan fingerprint density at radius 1 is 0.923 bits per heavy atom. The highest BCUT2D eigenvalue weighted by molar-refractivity contribution is 5.94. The van der Waals surface area contributed by atoms with Crippen molar-refractivity contribution in [3.8, 4) is 0 Å². The second-order valence-electron chi connectivity index (χ2n) is 3.89. The Balaban J connectivity index is 2.13. The summed E-state index contributed by atoms with van der Waals surface area (Å²) in [5.74, 6) is 0.850. The molecule has 2 fully saturated rings. The third-order valence-corrected chi connectivity index (χ3v) is 3.27. The molecule has 2 saturated carbocycles. The molecule has 0 heterocycles. The monoisotopic (exact) mass is 182 g/mol. The van der Waals surface area contributed by atoms with Crippen molar-refractivity contribution in [3.63, 3.8) is 0 Å². The topological polar surface area (TPSA) is 65.2 Å². The third kappa shape index (κ3) is 1.41. The average molecular weight is 182 g/mol. The fraction of sp³-hybridized carbons (Fsp3) is 0.778. The number of hydrogen-bond donors (Lipinski definition) is 2. The van der Waals surface area contributed by atoms with Crippen LogP contribution in [0.4, 0.5) is 0 Å². The van der Waals surface area contributed by atoms with Gasteiger partial charge in [0.05, 0.1) is 11.4 Å². The molecule has 4 nitrogen and oxygen atoms in total. The van der Waals surface area contributed by atoms with Crippen molar-refractivity contribution in [2.75, 3.05) is 0 Å². The van der Waals surface area contributed by atoms with Crippen molar-refractivity contribution in [2.24, 2.45) is 22.1 Å². The minimum absolute atomic E-state index is 0.425. The van der Waals surface area contributed by atoms with Crippen LogP contribution >= 0.6 is 0 Å². The molecule has 0 unspecified atom stereocenters. The highest BCUT2D eigenvalue weighted by Gasteiger charge is 2.34. The van der Waals surface area contributed by atoms with E-state index in [1.165, 1.54) is 0 Å². The molecule has 2 atom stereocenters. The summed E-state index contributed by atoms with van der Waals surface area (Å²) >= 11 is 0. The lowest BCUT2D eigenvalue weighted by Gasteiger charge is -2.34. The second kappa shape index (κ2) is 3.36. The first-order valence-corrected chi connectivity index (χ1v) is 4.76. The maximum atomic E-state index is 8.73. The van der Waals surface area contributed by atoms with Gasteiger partial charge in [-0.2, -0.15) is 0 Å². The molecule has 2 N–H and O–H groups in total. The predicted octanol–water partition coefficient (Wildman–Crippen LogP) is 1.86. The number of hydrogen-bond acceptors (Lipinski definition) is 4. The van der Waals surface area contributed by atoms with Crippen LogP contribution in [0.25, 0.3) is 0 Å². The first-order chi connectivity index (χ1) is 6.35.